The van der Waals surface area contributed by atoms with Crippen LogP contribution in [0.15, 0.2) is 24.5 Å². The number of rotatable bonds is 7. The molecule has 0 aliphatic carbocycles. The molecule has 2 rings (SSSR count). The van der Waals surface area contributed by atoms with Gasteiger partial charge in [-0.1, -0.05) is 12.8 Å². The summed E-state index contributed by atoms with van der Waals surface area (Å²) < 4.78 is 0. The summed E-state index contributed by atoms with van der Waals surface area (Å²) in [7, 11) is 0. The Hall–Kier alpha value is -1.13. The van der Waals surface area contributed by atoms with E-state index in [4.69, 9.17) is 5.73 Å². The number of carbonyl (C=O) groups is 1. The number of hydrogen-bond acceptors (Lipinski definition) is 3. The summed E-state index contributed by atoms with van der Waals surface area (Å²) in [5.74, 6) is 0.303. The average Bonchev–Trinajstić information content (AvgIpc) is 2.97. The van der Waals surface area contributed by atoms with Crippen molar-refractivity contribution in [3.05, 3.63) is 30.1 Å². The van der Waals surface area contributed by atoms with Crippen molar-refractivity contribution in [1.82, 2.24) is 9.88 Å². The van der Waals surface area contributed by atoms with E-state index in [0.29, 0.717) is 12.3 Å². The van der Waals surface area contributed by atoms with Gasteiger partial charge in [0.25, 0.3) is 0 Å². The zero-order chi connectivity index (χ0) is 14.2. The van der Waals surface area contributed by atoms with Crippen LogP contribution in [-0.4, -0.2) is 28.9 Å². The molecule has 1 unspecified atom stereocenters. The van der Waals surface area contributed by atoms with Gasteiger partial charge in [-0.3, -0.25) is 9.78 Å². The summed E-state index contributed by atoms with van der Waals surface area (Å²) in [5, 5.41) is 0. The molecule has 1 saturated heterocycles. The number of nitrogens with zero attached hydrogens (tertiary/aromatic N) is 2. The van der Waals surface area contributed by atoms with E-state index in [1.807, 2.05) is 24.5 Å². The molecule has 1 atom stereocenters. The molecule has 0 spiro atoms. The number of hydrogen-bond donors (Lipinski definition) is 1. The fourth-order valence-electron chi connectivity index (χ4n) is 2.92. The SMILES string of the molecule is Cl.NCCCCCCC(=O)N1CCCC1c1ccncc1. The van der Waals surface area contributed by atoms with Gasteiger partial charge in [0.05, 0.1) is 6.04 Å². The van der Waals surface area contributed by atoms with Crippen molar-refractivity contribution < 1.29 is 4.79 Å². The van der Waals surface area contributed by atoms with E-state index in [1.165, 1.54) is 5.56 Å². The molecule has 1 aromatic heterocycles. The molecule has 0 aromatic carbocycles. The van der Waals surface area contributed by atoms with Gasteiger partial charge in [0.2, 0.25) is 5.91 Å². The van der Waals surface area contributed by atoms with E-state index in [9.17, 15) is 4.79 Å². The third kappa shape index (κ3) is 5.29. The second-order valence-corrected chi connectivity index (χ2v) is 5.48. The Balaban J connectivity index is 0.00000220. The van der Waals surface area contributed by atoms with Gasteiger partial charge in [-0.2, -0.15) is 0 Å². The average molecular weight is 312 g/mol. The molecule has 5 heteroatoms. The number of halogens is 1. The quantitative estimate of drug-likeness (QED) is 0.787. The number of carbonyl (C=O) groups excluding carboxylic acids is 1. The Morgan fingerprint density at radius 1 is 1.24 bits per heavy atom. The van der Waals surface area contributed by atoms with Gasteiger partial charge >= 0.3 is 0 Å². The maximum absolute atomic E-state index is 12.3. The van der Waals surface area contributed by atoms with Crippen LogP contribution in [0.5, 0.6) is 0 Å². The monoisotopic (exact) mass is 311 g/mol. The summed E-state index contributed by atoms with van der Waals surface area (Å²) in [5.41, 5.74) is 6.69. The summed E-state index contributed by atoms with van der Waals surface area (Å²) >= 11 is 0. The predicted octanol–water partition coefficient (Wildman–Crippen LogP) is 3.08. The molecule has 2 heterocycles. The van der Waals surface area contributed by atoms with Crippen molar-refractivity contribution in [3.63, 3.8) is 0 Å². The molecule has 0 radical (unpaired) electrons. The molecule has 1 aromatic rings. The lowest BCUT2D eigenvalue weighted by Crippen LogP contribution is -2.30. The van der Waals surface area contributed by atoms with Crippen LogP contribution in [0.2, 0.25) is 0 Å². The van der Waals surface area contributed by atoms with Crippen LogP contribution >= 0.6 is 12.4 Å². The van der Waals surface area contributed by atoms with Gasteiger partial charge in [0.1, 0.15) is 0 Å². The summed E-state index contributed by atoms with van der Waals surface area (Å²) in [6.07, 6.45) is 10.8. The Kier molecular flexibility index (Phi) is 8.31. The second kappa shape index (κ2) is 9.74. The van der Waals surface area contributed by atoms with E-state index in [2.05, 4.69) is 9.88 Å². The zero-order valence-electron chi connectivity index (χ0n) is 12.5. The van der Waals surface area contributed by atoms with E-state index in [-0.39, 0.29) is 18.4 Å². The highest BCUT2D eigenvalue weighted by Gasteiger charge is 2.29. The second-order valence-electron chi connectivity index (χ2n) is 5.48. The lowest BCUT2D eigenvalue weighted by atomic mass is 10.1. The highest BCUT2D eigenvalue weighted by Crippen LogP contribution is 2.32. The molecule has 1 aliphatic rings. The number of nitrogens with two attached hydrogens (primary N) is 1. The number of amides is 1. The minimum atomic E-state index is 0. The van der Waals surface area contributed by atoms with Crippen molar-refractivity contribution in [3.8, 4) is 0 Å². The number of unbranched alkanes of at least 4 members (excludes halogenated alkanes) is 3. The maximum atomic E-state index is 12.3. The van der Waals surface area contributed by atoms with Crippen molar-refractivity contribution in [1.29, 1.82) is 0 Å². The first kappa shape index (κ1) is 17.9. The van der Waals surface area contributed by atoms with Crippen LogP contribution in [0.3, 0.4) is 0 Å². The van der Waals surface area contributed by atoms with E-state index in [0.717, 1.165) is 51.6 Å². The van der Waals surface area contributed by atoms with Gasteiger partial charge in [-0.05, 0) is 49.9 Å². The fourth-order valence-corrected chi connectivity index (χ4v) is 2.92. The van der Waals surface area contributed by atoms with E-state index >= 15 is 0 Å². The van der Waals surface area contributed by atoms with Crippen molar-refractivity contribution in [2.45, 2.75) is 51.0 Å². The van der Waals surface area contributed by atoms with Crippen LogP contribution in [0.1, 0.15) is 56.6 Å². The minimum absolute atomic E-state index is 0. The predicted molar refractivity (Wildman–Crippen MR) is 87.3 cm³/mol. The Morgan fingerprint density at radius 2 is 1.95 bits per heavy atom. The van der Waals surface area contributed by atoms with Crippen LogP contribution < -0.4 is 5.73 Å². The fraction of sp³-hybridized carbons (Fsp3) is 0.625. The Labute approximate surface area is 133 Å². The van der Waals surface area contributed by atoms with Crippen LogP contribution in [-0.2, 0) is 4.79 Å². The van der Waals surface area contributed by atoms with E-state index < -0.39 is 0 Å². The van der Waals surface area contributed by atoms with Crippen molar-refractivity contribution >= 4 is 18.3 Å². The molecule has 2 N–H and O–H groups in total. The highest BCUT2D eigenvalue weighted by molar-refractivity contribution is 5.85. The highest BCUT2D eigenvalue weighted by atomic mass is 35.5. The first-order valence-corrected chi connectivity index (χ1v) is 7.72. The molecular weight excluding hydrogens is 286 g/mol. The molecule has 21 heavy (non-hydrogen) atoms. The van der Waals surface area contributed by atoms with E-state index in [1.54, 1.807) is 0 Å². The molecule has 4 nitrogen and oxygen atoms in total. The van der Waals surface area contributed by atoms with Crippen molar-refractivity contribution in [2.75, 3.05) is 13.1 Å². The first-order valence-electron chi connectivity index (χ1n) is 7.72. The standard InChI is InChI=1S/C16H25N3O.ClH/c17-10-4-2-1-3-7-16(20)19-13-5-6-15(19)14-8-11-18-12-9-14;/h8-9,11-12,15H,1-7,10,13,17H2;1H. The first-order chi connectivity index (χ1) is 9.83. The van der Waals surface area contributed by atoms with Gasteiger partial charge in [-0.25, -0.2) is 0 Å². The van der Waals surface area contributed by atoms with Gasteiger partial charge in [0.15, 0.2) is 0 Å². The Bertz CT molecular complexity index is 413. The minimum Gasteiger partial charge on any atom is -0.336 e. The van der Waals surface area contributed by atoms with Crippen LogP contribution in [0.25, 0.3) is 0 Å². The van der Waals surface area contributed by atoms with Gasteiger partial charge in [-0.15, -0.1) is 12.4 Å². The topological polar surface area (TPSA) is 59.2 Å². The Morgan fingerprint density at radius 3 is 2.67 bits per heavy atom. The third-order valence-corrected chi connectivity index (χ3v) is 4.01. The smallest absolute Gasteiger partial charge is 0.223 e. The number of aromatic nitrogens is 1. The molecule has 1 fully saturated rings. The largest absolute Gasteiger partial charge is 0.336 e. The summed E-state index contributed by atoms with van der Waals surface area (Å²) in [6, 6.07) is 4.31. The third-order valence-electron chi connectivity index (χ3n) is 4.01. The lowest BCUT2D eigenvalue weighted by Gasteiger charge is -2.25. The lowest BCUT2D eigenvalue weighted by molar-refractivity contribution is -0.132. The molecule has 0 saturated carbocycles. The maximum Gasteiger partial charge on any atom is 0.223 e. The molecule has 1 aliphatic heterocycles. The summed E-state index contributed by atoms with van der Waals surface area (Å²) in [4.78, 5) is 18.5. The summed E-state index contributed by atoms with van der Waals surface area (Å²) in [6.45, 7) is 1.65. The van der Waals surface area contributed by atoms with Crippen LogP contribution in [0.4, 0.5) is 0 Å². The van der Waals surface area contributed by atoms with Crippen LogP contribution in [0, 0.1) is 0 Å². The normalized spacial score (nSPS) is 17.6. The molecule has 118 valence electrons. The molecule has 0 bridgehead atoms. The van der Waals surface area contributed by atoms with Crippen molar-refractivity contribution in [2.24, 2.45) is 5.73 Å². The molecule has 1 amide bonds. The van der Waals surface area contributed by atoms with Gasteiger partial charge in [0, 0.05) is 25.4 Å². The zero-order valence-corrected chi connectivity index (χ0v) is 13.4. The molecular formula is C16H26ClN3O. The van der Waals surface area contributed by atoms with Gasteiger partial charge < -0.3 is 10.6 Å². The number of pyridine rings is 1. The number of likely N-dealkylation sites (tertiary alicyclic amines) is 1.